The minimum absolute atomic E-state index is 0.309. The van der Waals surface area contributed by atoms with Crippen LogP contribution in [0.4, 0.5) is 0 Å². The molecule has 7 heteroatoms. The molecule has 2 rings (SSSR count). The Balaban J connectivity index is 1.85. The maximum Gasteiger partial charge on any atom is 0.240 e. The lowest BCUT2D eigenvalue weighted by Crippen LogP contribution is -2.41. The Morgan fingerprint density at radius 2 is 1.96 bits per heavy atom. The van der Waals surface area contributed by atoms with Crippen LogP contribution in [-0.2, 0) is 10.0 Å². The van der Waals surface area contributed by atoms with Crippen molar-refractivity contribution in [3.63, 3.8) is 0 Å². The molecule has 1 aliphatic carbocycles. The van der Waals surface area contributed by atoms with E-state index in [1.54, 1.807) is 13.0 Å². The molecular formula is C17H28N4O2S. The summed E-state index contributed by atoms with van der Waals surface area (Å²) in [5.74, 6) is 1.47. The zero-order valence-electron chi connectivity index (χ0n) is 14.7. The highest BCUT2D eigenvalue weighted by Gasteiger charge is 2.20. The van der Waals surface area contributed by atoms with E-state index in [0.29, 0.717) is 18.0 Å². The number of nitrogens with zero attached hydrogens (tertiary/aromatic N) is 1. The molecule has 0 atom stereocenters. The minimum atomic E-state index is -3.49. The van der Waals surface area contributed by atoms with Crippen LogP contribution in [0.15, 0.2) is 28.1 Å². The fourth-order valence-electron chi connectivity index (χ4n) is 2.30. The van der Waals surface area contributed by atoms with E-state index < -0.39 is 10.0 Å². The van der Waals surface area contributed by atoms with Gasteiger partial charge < -0.3 is 10.6 Å². The third-order valence-electron chi connectivity index (χ3n) is 3.89. The molecule has 0 amide bonds. The number of aryl methyl sites for hydroxylation is 2. The molecule has 3 N–H and O–H groups in total. The molecule has 0 aliphatic heterocycles. The van der Waals surface area contributed by atoms with Crippen molar-refractivity contribution in [1.82, 2.24) is 15.4 Å². The van der Waals surface area contributed by atoms with E-state index in [2.05, 4.69) is 20.3 Å². The lowest BCUT2D eigenvalue weighted by Gasteiger charge is -2.13. The van der Waals surface area contributed by atoms with Crippen LogP contribution >= 0.6 is 0 Å². The highest BCUT2D eigenvalue weighted by molar-refractivity contribution is 7.89. The second-order valence-electron chi connectivity index (χ2n) is 6.26. The van der Waals surface area contributed by atoms with Gasteiger partial charge in [0.25, 0.3) is 0 Å². The zero-order valence-corrected chi connectivity index (χ0v) is 15.5. The van der Waals surface area contributed by atoms with Crippen LogP contribution < -0.4 is 15.4 Å². The normalized spacial score (nSPS) is 15.4. The van der Waals surface area contributed by atoms with Crippen LogP contribution in [-0.4, -0.2) is 40.6 Å². The molecule has 0 radical (unpaired) electrons. The largest absolute Gasteiger partial charge is 0.357 e. The molecule has 1 fully saturated rings. The average molecular weight is 353 g/mol. The van der Waals surface area contributed by atoms with Gasteiger partial charge in [-0.1, -0.05) is 12.1 Å². The minimum Gasteiger partial charge on any atom is -0.357 e. The van der Waals surface area contributed by atoms with Crippen molar-refractivity contribution in [2.45, 2.75) is 38.5 Å². The summed E-state index contributed by atoms with van der Waals surface area (Å²) in [5.41, 5.74) is 1.68. The predicted molar refractivity (Wildman–Crippen MR) is 97.8 cm³/mol. The van der Waals surface area contributed by atoms with Gasteiger partial charge in [0.2, 0.25) is 10.0 Å². The molecule has 0 bridgehead atoms. The smallest absolute Gasteiger partial charge is 0.240 e. The third-order valence-corrected chi connectivity index (χ3v) is 5.49. The molecule has 1 aliphatic rings. The summed E-state index contributed by atoms with van der Waals surface area (Å²) in [6.45, 7) is 8.12. The van der Waals surface area contributed by atoms with Crippen molar-refractivity contribution < 1.29 is 8.42 Å². The second-order valence-corrected chi connectivity index (χ2v) is 7.99. The third kappa shape index (κ3) is 5.79. The lowest BCUT2D eigenvalue weighted by molar-refractivity contribution is 0.579. The highest BCUT2D eigenvalue weighted by Crippen LogP contribution is 2.28. The fourth-order valence-corrected chi connectivity index (χ4v) is 3.66. The van der Waals surface area contributed by atoms with Crippen molar-refractivity contribution in [1.29, 1.82) is 0 Å². The van der Waals surface area contributed by atoms with Gasteiger partial charge in [0.1, 0.15) is 0 Å². The van der Waals surface area contributed by atoms with Gasteiger partial charge in [-0.05, 0) is 56.7 Å². The maximum absolute atomic E-state index is 12.4. The maximum atomic E-state index is 12.4. The van der Waals surface area contributed by atoms with Crippen molar-refractivity contribution in [3.05, 3.63) is 29.3 Å². The van der Waals surface area contributed by atoms with E-state index >= 15 is 0 Å². The molecule has 0 heterocycles. The first kappa shape index (κ1) is 18.7. The van der Waals surface area contributed by atoms with Gasteiger partial charge in [-0.3, -0.25) is 4.99 Å². The fraction of sp³-hybridized carbons (Fsp3) is 0.588. The molecule has 0 spiro atoms. The van der Waals surface area contributed by atoms with Crippen molar-refractivity contribution in [2.75, 3.05) is 26.2 Å². The Hall–Kier alpha value is -1.60. The van der Waals surface area contributed by atoms with E-state index in [1.807, 2.05) is 26.0 Å². The predicted octanol–water partition coefficient (Wildman–Crippen LogP) is 1.55. The molecule has 24 heavy (non-hydrogen) atoms. The Morgan fingerprint density at radius 3 is 2.62 bits per heavy atom. The van der Waals surface area contributed by atoms with Crippen molar-refractivity contribution >= 4 is 16.0 Å². The monoisotopic (exact) mass is 352 g/mol. The highest BCUT2D eigenvalue weighted by atomic mass is 32.2. The Morgan fingerprint density at radius 1 is 1.21 bits per heavy atom. The Kier molecular flexibility index (Phi) is 6.62. The Labute approximate surface area is 145 Å². The van der Waals surface area contributed by atoms with Crippen molar-refractivity contribution in [2.24, 2.45) is 10.9 Å². The standard InChI is InChI=1S/C17H28N4O2S/c1-4-18-17(20-12-15-7-8-15)19-9-10-21-24(22,23)16-11-13(2)5-6-14(16)3/h5-6,11,15,21H,4,7-10,12H2,1-3H3,(H2,18,19,20). The number of hydrogen-bond acceptors (Lipinski definition) is 3. The van der Waals surface area contributed by atoms with E-state index in [-0.39, 0.29) is 0 Å². The van der Waals surface area contributed by atoms with Gasteiger partial charge in [-0.2, -0.15) is 0 Å². The number of guanidine groups is 1. The first-order chi connectivity index (χ1) is 11.4. The summed E-state index contributed by atoms with van der Waals surface area (Å²) in [7, 11) is -3.49. The molecule has 0 aromatic heterocycles. The molecule has 1 aromatic rings. The SMILES string of the molecule is CCNC(=NCC1CC1)NCCNS(=O)(=O)c1cc(C)ccc1C. The molecule has 6 nitrogen and oxygen atoms in total. The van der Waals surface area contributed by atoms with Crippen LogP contribution in [0.3, 0.4) is 0 Å². The van der Waals surface area contributed by atoms with Crippen molar-refractivity contribution in [3.8, 4) is 0 Å². The first-order valence-corrected chi connectivity index (χ1v) is 10.00. The number of benzene rings is 1. The van der Waals surface area contributed by atoms with E-state index in [4.69, 9.17) is 0 Å². The van der Waals surface area contributed by atoms with Crippen LogP contribution in [0.25, 0.3) is 0 Å². The van der Waals surface area contributed by atoms with Crippen LogP contribution in [0.2, 0.25) is 0 Å². The Bertz CT molecular complexity index is 682. The molecule has 0 unspecified atom stereocenters. The molecule has 1 aromatic carbocycles. The summed E-state index contributed by atoms with van der Waals surface area (Å²) >= 11 is 0. The second kappa shape index (κ2) is 8.48. The number of sulfonamides is 1. The van der Waals surface area contributed by atoms with Gasteiger partial charge in [-0.15, -0.1) is 0 Å². The van der Waals surface area contributed by atoms with E-state index in [9.17, 15) is 8.42 Å². The topological polar surface area (TPSA) is 82.6 Å². The summed E-state index contributed by atoms with van der Waals surface area (Å²) < 4.78 is 27.5. The number of aliphatic imine (C=N–C) groups is 1. The van der Waals surface area contributed by atoms with Gasteiger partial charge in [-0.25, -0.2) is 13.1 Å². The van der Waals surface area contributed by atoms with E-state index in [0.717, 1.165) is 36.1 Å². The molecule has 1 saturated carbocycles. The first-order valence-electron chi connectivity index (χ1n) is 8.51. The number of hydrogen-bond donors (Lipinski definition) is 3. The van der Waals surface area contributed by atoms with Gasteiger partial charge in [0, 0.05) is 26.2 Å². The van der Waals surface area contributed by atoms with Gasteiger partial charge in [0.05, 0.1) is 4.90 Å². The molecular weight excluding hydrogens is 324 g/mol. The number of rotatable bonds is 8. The van der Waals surface area contributed by atoms with Crippen LogP contribution in [0, 0.1) is 19.8 Å². The van der Waals surface area contributed by atoms with Crippen LogP contribution in [0.1, 0.15) is 30.9 Å². The van der Waals surface area contributed by atoms with E-state index in [1.165, 1.54) is 12.8 Å². The number of nitrogens with one attached hydrogen (secondary N) is 3. The zero-order chi connectivity index (χ0) is 17.6. The summed E-state index contributed by atoms with van der Waals surface area (Å²) in [6, 6.07) is 5.44. The molecule has 134 valence electrons. The van der Waals surface area contributed by atoms with Gasteiger partial charge >= 0.3 is 0 Å². The van der Waals surface area contributed by atoms with Gasteiger partial charge in [0.15, 0.2) is 5.96 Å². The average Bonchev–Trinajstić information content (AvgIpc) is 3.35. The molecule has 0 saturated heterocycles. The summed E-state index contributed by atoms with van der Waals surface area (Å²) in [4.78, 5) is 4.85. The van der Waals surface area contributed by atoms with Crippen LogP contribution in [0.5, 0.6) is 0 Å². The lowest BCUT2D eigenvalue weighted by atomic mass is 10.2. The quantitative estimate of drug-likeness (QED) is 0.377. The summed E-state index contributed by atoms with van der Waals surface area (Å²) in [6.07, 6.45) is 2.52. The summed E-state index contributed by atoms with van der Waals surface area (Å²) in [5, 5.41) is 6.34.